The van der Waals surface area contributed by atoms with Crippen molar-refractivity contribution < 1.29 is 33.9 Å². The molecule has 0 unspecified atom stereocenters. The normalized spacial score (nSPS) is 24.1. The molecule has 4 rings (SSSR count). The third kappa shape index (κ3) is 7.82. The third-order valence-electron chi connectivity index (χ3n) is 6.33. The van der Waals surface area contributed by atoms with Crippen LogP contribution in [0.15, 0.2) is 104 Å². The molecule has 0 radical (unpaired) electrons. The number of hydrogen-bond acceptors (Lipinski definition) is 7. The quantitative estimate of drug-likeness (QED) is 0.311. The lowest BCUT2D eigenvalue weighted by Crippen LogP contribution is -2.63. The molecule has 0 amide bonds. The molecule has 0 aliphatic carbocycles. The van der Waals surface area contributed by atoms with Crippen molar-refractivity contribution in [1.82, 2.24) is 0 Å². The van der Waals surface area contributed by atoms with Gasteiger partial charge in [0.05, 0.1) is 33.0 Å². The Hall–Kier alpha value is -2.88. The first kappa shape index (κ1) is 28.1. The topological polar surface area (TPSA) is 86.6 Å². The summed E-state index contributed by atoms with van der Waals surface area (Å²) >= 11 is 0. The fourth-order valence-corrected chi connectivity index (χ4v) is 4.40. The van der Waals surface area contributed by atoms with Crippen LogP contribution in [0, 0.1) is 0 Å². The standard InChI is InChI=1S/C31H36O7/c1-2-18-34-31-30(37-22-25-16-10-5-11-17-25)29(36-21-24-14-8-4-9-15-24)28(27(38-31)26(33)19-32)35-20-23-12-6-3-7-13-23/h2-17,26-33H,1,18-22H2/t26-,27+,28+,29-,30-,31+/m0/s1. The van der Waals surface area contributed by atoms with Gasteiger partial charge in [0, 0.05) is 0 Å². The van der Waals surface area contributed by atoms with Crippen molar-refractivity contribution in [1.29, 1.82) is 0 Å². The summed E-state index contributed by atoms with van der Waals surface area (Å²) in [6.45, 7) is 4.29. The zero-order chi connectivity index (χ0) is 26.6. The van der Waals surface area contributed by atoms with Crippen molar-refractivity contribution in [3.63, 3.8) is 0 Å². The number of hydrogen-bond donors (Lipinski definition) is 2. The van der Waals surface area contributed by atoms with Crippen molar-refractivity contribution in [3.05, 3.63) is 120 Å². The van der Waals surface area contributed by atoms with Gasteiger partial charge < -0.3 is 33.9 Å². The van der Waals surface area contributed by atoms with Gasteiger partial charge in [-0.05, 0) is 16.7 Å². The summed E-state index contributed by atoms with van der Waals surface area (Å²) < 4.78 is 31.4. The van der Waals surface area contributed by atoms with Gasteiger partial charge >= 0.3 is 0 Å². The Labute approximate surface area is 224 Å². The molecule has 3 aromatic carbocycles. The van der Waals surface area contributed by atoms with Gasteiger partial charge in [0.15, 0.2) is 6.29 Å². The first-order chi connectivity index (χ1) is 18.7. The van der Waals surface area contributed by atoms with Gasteiger partial charge in [0.2, 0.25) is 0 Å². The van der Waals surface area contributed by atoms with Gasteiger partial charge in [0.25, 0.3) is 0 Å². The lowest BCUT2D eigenvalue weighted by atomic mass is 9.94. The van der Waals surface area contributed by atoms with E-state index in [1.807, 2.05) is 91.0 Å². The maximum absolute atomic E-state index is 10.8. The van der Waals surface area contributed by atoms with E-state index in [1.165, 1.54) is 0 Å². The molecule has 2 N–H and O–H groups in total. The fraction of sp³-hybridized carbons (Fsp3) is 0.355. The zero-order valence-corrected chi connectivity index (χ0v) is 21.4. The van der Waals surface area contributed by atoms with E-state index >= 15 is 0 Å². The molecule has 1 fully saturated rings. The monoisotopic (exact) mass is 520 g/mol. The highest BCUT2D eigenvalue weighted by molar-refractivity contribution is 5.16. The Morgan fingerprint density at radius 3 is 1.58 bits per heavy atom. The van der Waals surface area contributed by atoms with E-state index in [9.17, 15) is 10.2 Å². The Balaban J connectivity index is 1.64. The molecule has 1 aliphatic heterocycles. The maximum Gasteiger partial charge on any atom is 0.187 e. The Kier molecular flexibility index (Phi) is 11.0. The molecule has 6 atom stereocenters. The predicted molar refractivity (Wildman–Crippen MR) is 143 cm³/mol. The highest BCUT2D eigenvalue weighted by Gasteiger charge is 2.51. The van der Waals surface area contributed by atoms with Crippen LogP contribution in [-0.4, -0.2) is 60.2 Å². The number of benzene rings is 3. The second kappa shape index (κ2) is 14.9. The average Bonchev–Trinajstić information content (AvgIpc) is 2.98. The molecule has 1 saturated heterocycles. The molecule has 0 bridgehead atoms. The van der Waals surface area contributed by atoms with Crippen LogP contribution in [0.2, 0.25) is 0 Å². The molecule has 0 saturated carbocycles. The molecule has 7 nitrogen and oxygen atoms in total. The number of aliphatic hydroxyl groups is 2. The predicted octanol–water partition coefficient (Wildman–Crippen LogP) is 4.02. The largest absolute Gasteiger partial charge is 0.394 e. The smallest absolute Gasteiger partial charge is 0.187 e. The molecule has 0 spiro atoms. The second-order valence-electron chi connectivity index (χ2n) is 9.12. The number of rotatable bonds is 14. The Bertz CT molecular complexity index is 1060. The number of aliphatic hydroxyl groups excluding tert-OH is 2. The molecule has 202 valence electrons. The lowest BCUT2D eigenvalue weighted by molar-refractivity contribution is -0.333. The van der Waals surface area contributed by atoms with Crippen LogP contribution in [-0.2, 0) is 43.5 Å². The molecular formula is C31H36O7. The Morgan fingerprint density at radius 2 is 1.13 bits per heavy atom. The molecule has 1 aliphatic rings. The minimum absolute atomic E-state index is 0.207. The summed E-state index contributed by atoms with van der Waals surface area (Å²) in [5.41, 5.74) is 2.92. The summed E-state index contributed by atoms with van der Waals surface area (Å²) in [6, 6.07) is 29.3. The van der Waals surface area contributed by atoms with Crippen molar-refractivity contribution in [2.24, 2.45) is 0 Å². The molecular weight excluding hydrogens is 484 g/mol. The summed E-state index contributed by atoms with van der Waals surface area (Å²) in [6.07, 6.45) is -3.54. The summed E-state index contributed by atoms with van der Waals surface area (Å²) in [5.74, 6) is 0. The van der Waals surface area contributed by atoms with Gasteiger partial charge in [-0.2, -0.15) is 0 Å². The highest BCUT2D eigenvalue weighted by Crippen LogP contribution is 2.32. The van der Waals surface area contributed by atoms with Gasteiger partial charge in [-0.15, -0.1) is 6.58 Å². The summed E-state index contributed by atoms with van der Waals surface area (Å²) in [5, 5.41) is 20.6. The maximum atomic E-state index is 10.8. The van der Waals surface area contributed by atoms with Crippen molar-refractivity contribution in [2.45, 2.75) is 56.6 Å². The summed E-state index contributed by atoms with van der Waals surface area (Å²) in [4.78, 5) is 0. The van der Waals surface area contributed by atoms with Crippen LogP contribution in [0.3, 0.4) is 0 Å². The van der Waals surface area contributed by atoms with Crippen LogP contribution in [0.1, 0.15) is 16.7 Å². The molecule has 1 heterocycles. The number of ether oxygens (including phenoxy) is 5. The highest BCUT2D eigenvalue weighted by atomic mass is 16.7. The van der Waals surface area contributed by atoms with Crippen LogP contribution >= 0.6 is 0 Å². The van der Waals surface area contributed by atoms with Crippen molar-refractivity contribution >= 4 is 0 Å². The zero-order valence-electron chi connectivity index (χ0n) is 21.4. The van der Waals surface area contributed by atoms with E-state index in [-0.39, 0.29) is 19.8 Å². The molecule has 3 aromatic rings. The molecule has 7 heteroatoms. The van der Waals surface area contributed by atoms with E-state index in [1.54, 1.807) is 6.08 Å². The van der Waals surface area contributed by atoms with E-state index in [4.69, 9.17) is 23.7 Å². The van der Waals surface area contributed by atoms with E-state index in [2.05, 4.69) is 6.58 Å². The van der Waals surface area contributed by atoms with Crippen LogP contribution in [0.4, 0.5) is 0 Å². The van der Waals surface area contributed by atoms with Crippen molar-refractivity contribution in [3.8, 4) is 0 Å². The van der Waals surface area contributed by atoms with Gasteiger partial charge in [-0.25, -0.2) is 0 Å². The van der Waals surface area contributed by atoms with Crippen LogP contribution in [0.25, 0.3) is 0 Å². The molecule has 38 heavy (non-hydrogen) atoms. The van der Waals surface area contributed by atoms with E-state index < -0.39 is 43.4 Å². The summed E-state index contributed by atoms with van der Waals surface area (Å²) in [7, 11) is 0. The van der Waals surface area contributed by atoms with Crippen LogP contribution in [0.5, 0.6) is 0 Å². The first-order valence-electron chi connectivity index (χ1n) is 12.8. The van der Waals surface area contributed by atoms with Gasteiger partial charge in [0.1, 0.15) is 30.5 Å². The SMILES string of the molecule is C=CCO[C@@H]1O[C@H]([C@@H](O)CO)[C@@H](OCc2ccccc2)[C@H](OCc2ccccc2)[C@@H]1OCc1ccccc1. The average molecular weight is 521 g/mol. The van der Waals surface area contributed by atoms with Crippen molar-refractivity contribution in [2.75, 3.05) is 13.2 Å². The lowest BCUT2D eigenvalue weighted by Gasteiger charge is -2.46. The molecule has 0 aromatic heterocycles. The minimum atomic E-state index is -1.22. The van der Waals surface area contributed by atoms with E-state index in [0.29, 0.717) is 6.61 Å². The van der Waals surface area contributed by atoms with E-state index in [0.717, 1.165) is 16.7 Å². The fourth-order valence-electron chi connectivity index (χ4n) is 4.40. The first-order valence-corrected chi connectivity index (χ1v) is 12.8. The Morgan fingerprint density at radius 1 is 0.684 bits per heavy atom. The minimum Gasteiger partial charge on any atom is -0.394 e. The second-order valence-corrected chi connectivity index (χ2v) is 9.12. The van der Waals surface area contributed by atoms with Gasteiger partial charge in [-0.3, -0.25) is 0 Å². The van der Waals surface area contributed by atoms with Crippen LogP contribution < -0.4 is 0 Å². The third-order valence-corrected chi connectivity index (χ3v) is 6.33. The van der Waals surface area contributed by atoms with Gasteiger partial charge in [-0.1, -0.05) is 97.1 Å².